The second-order valence-corrected chi connectivity index (χ2v) is 6.45. The lowest BCUT2D eigenvalue weighted by atomic mass is 9.94. The van der Waals surface area contributed by atoms with Gasteiger partial charge in [0.05, 0.1) is 13.1 Å². The van der Waals surface area contributed by atoms with Crippen molar-refractivity contribution < 1.29 is 9.59 Å². The molecule has 3 rings (SSSR count). The van der Waals surface area contributed by atoms with Crippen LogP contribution in [0.5, 0.6) is 0 Å². The molecule has 0 saturated heterocycles. The minimum atomic E-state index is -0.0438. The molecule has 126 valence electrons. The summed E-state index contributed by atoms with van der Waals surface area (Å²) >= 11 is 0. The summed E-state index contributed by atoms with van der Waals surface area (Å²) in [5.74, 6) is -0.0320. The molecule has 0 bridgehead atoms. The van der Waals surface area contributed by atoms with Gasteiger partial charge < -0.3 is 4.90 Å². The molecule has 1 amide bonds. The van der Waals surface area contributed by atoms with Crippen molar-refractivity contribution in [3.63, 3.8) is 0 Å². The highest BCUT2D eigenvalue weighted by atomic mass is 16.2. The molecule has 4 heteroatoms. The molecule has 0 atom stereocenters. The Bertz CT molecular complexity index is 847. The third-order valence-electron chi connectivity index (χ3n) is 4.52. The Morgan fingerprint density at radius 1 is 1.12 bits per heavy atom. The molecule has 0 unspecified atom stereocenters. The van der Waals surface area contributed by atoms with E-state index in [0.29, 0.717) is 12.2 Å². The van der Waals surface area contributed by atoms with Crippen LogP contribution in [-0.4, -0.2) is 29.7 Å². The number of hydrogen-bond acceptors (Lipinski definition) is 2. The van der Waals surface area contributed by atoms with Crippen LogP contribution >= 0.6 is 0 Å². The first-order valence-electron chi connectivity index (χ1n) is 8.44. The maximum absolute atomic E-state index is 12.5. The van der Waals surface area contributed by atoms with Crippen molar-refractivity contribution in [1.29, 1.82) is 0 Å². The van der Waals surface area contributed by atoms with Gasteiger partial charge >= 0.3 is 0 Å². The Kier molecular flexibility index (Phi) is 4.95. The van der Waals surface area contributed by atoms with Crippen LogP contribution in [0.15, 0.2) is 42.5 Å². The van der Waals surface area contributed by atoms with E-state index in [-0.39, 0.29) is 18.2 Å². The summed E-state index contributed by atoms with van der Waals surface area (Å²) in [6, 6.07) is 13.7. The van der Waals surface area contributed by atoms with E-state index in [0.717, 1.165) is 30.4 Å². The van der Waals surface area contributed by atoms with E-state index in [4.69, 9.17) is 6.57 Å². The van der Waals surface area contributed by atoms with E-state index in [1.807, 2.05) is 36.4 Å². The Balaban J connectivity index is 1.68. The predicted molar refractivity (Wildman–Crippen MR) is 96.8 cm³/mol. The lowest BCUT2D eigenvalue weighted by Gasteiger charge is -2.28. The second kappa shape index (κ2) is 7.31. The first-order valence-corrected chi connectivity index (χ1v) is 8.44. The summed E-state index contributed by atoms with van der Waals surface area (Å²) < 4.78 is 0. The molecule has 1 heterocycles. The average molecular weight is 332 g/mol. The molecule has 0 saturated carbocycles. The molecule has 0 spiro atoms. The highest BCUT2D eigenvalue weighted by molar-refractivity contribution is 5.98. The zero-order valence-electron chi connectivity index (χ0n) is 14.3. The summed E-state index contributed by atoms with van der Waals surface area (Å²) in [4.78, 5) is 28.8. The number of nitrogens with zero attached hydrogens (tertiary/aromatic N) is 2. The molecule has 2 aromatic rings. The van der Waals surface area contributed by atoms with Gasteiger partial charge in [0, 0.05) is 12.1 Å². The first-order chi connectivity index (χ1) is 12.1. The summed E-state index contributed by atoms with van der Waals surface area (Å²) in [7, 11) is 0. The van der Waals surface area contributed by atoms with Crippen LogP contribution in [0.4, 0.5) is 5.69 Å². The van der Waals surface area contributed by atoms with E-state index in [1.54, 1.807) is 4.90 Å². The van der Waals surface area contributed by atoms with Crippen LogP contribution in [0.25, 0.3) is 4.85 Å². The molecule has 0 N–H and O–H groups in total. The number of amides is 1. The van der Waals surface area contributed by atoms with Gasteiger partial charge in [-0.2, -0.15) is 0 Å². The SMILES string of the molecule is [C-]#[N+]c1ccc(CCc2ccc3c(c2)CCN(CC(C)=O)C3=O)cc1. The minimum absolute atomic E-state index is 0.0117. The Labute approximate surface area is 147 Å². The van der Waals surface area contributed by atoms with E-state index in [2.05, 4.69) is 10.9 Å². The van der Waals surface area contributed by atoms with Crippen LogP contribution in [0, 0.1) is 6.57 Å². The third-order valence-corrected chi connectivity index (χ3v) is 4.52. The smallest absolute Gasteiger partial charge is 0.254 e. The third kappa shape index (κ3) is 3.95. The Morgan fingerprint density at radius 2 is 1.80 bits per heavy atom. The standard InChI is InChI=1S/C21H20N2O2/c1-15(24)14-23-12-11-18-13-17(7-10-20(18)21(23)25)4-3-16-5-8-19(22-2)9-6-16/h5-10,13H,3-4,11-12,14H2,1H3. The molecular weight excluding hydrogens is 312 g/mol. The van der Waals surface area contributed by atoms with Crippen LogP contribution in [0.1, 0.15) is 34.0 Å². The summed E-state index contributed by atoms with van der Waals surface area (Å²) in [6.07, 6.45) is 2.60. The number of benzene rings is 2. The van der Waals surface area contributed by atoms with Gasteiger partial charge in [0.25, 0.3) is 5.91 Å². The summed E-state index contributed by atoms with van der Waals surface area (Å²) in [5, 5.41) is 0. The fourth-order valence-corrected chi connectivity index (χ4v) is 3.19. The van der Waals surface area contributed by atoms with Gasteiger partial charge in [0.2, 0.25) is 0 Å². The molecule has 0 aromatic heterocycles. The average Bonchev–Trinajstić information content (AvgIpc) is 2.62. The van der Waals surface area contributed by atoms with Crippen molar-refractivity contribution in [2.45, 2.75) is 26.2 Å². The number of hydrogen-bond donors (Lipinski definition) is 0. The lowest BCUT2D eigenvalue weighted by molar-refractivity contribution is -0.117. The topological polar surface area (TPSA) is 41.7 Å². The monoisotopic (exact) mass is 332 g/mol. The molecule has 1 aliphatic rings. The van der Waals surface area contributed by atoms with E-state index in [1.165, 1.54) is 18.1 Å². The minimum Gasteiger partial charge on any atom is -0.331 e. The molecule has 0 fully saturated rings. The molecular formula is C21H20N2O2. The first kappa shape index (κ1) is 16.9. The number of Topliss-reactive ketones (excluding diaryl/α,β-unsaturated/α-hetero) is 1. The Hall–Kier alpha value is -2.93. The van der Waals surface area contributed by atoms with Crippen LogP contribution < -0.4 is 0 Å². The number of ketones is 1. The van der Waals surface area contributed by atoms with E-state index in [9.17, 15) is 9.59 Å². The molecule has 0 aliphatic carbocycles. The maximum Gasteiger partial charge on any atom is 0.254 e. The zero-order chi connectivity index (χ0) is 17.8. The van der Waals surface area contributed by atoms with Gasteiger partial charge in [0.1, 0.15) is 5.78 Å². The van der Waals surface area contributed by atoms with Gasteiger partial charge in [-0.1, -0.05) is 42.0 Å². The molecule has 25 heavy (non-hydrogen) atoms. The van der Waals surface area contributed by atoms with Gasteiger partial charge in [-0.05, 0) is 43.4 Å². The van der Waals surface area contributed by atoms with E-state index < -0.39 is 0 Å². The maximum atomic E-state index is 12.5. The fraction of sp³-hybridized carbons (Fsp3) is 0.286. The van der Waals surface area contributed by atoms with Crippen molar-refractivity contribution in [3.05, 3.63) is 76.1 Å². The fourth-order valence-electron chi connectivity index (χ4n) is 3.19. The quantitative estimate of drug-likeness (QED) is 0.785. The number of fused-ring (bicyclic) bond motifs is 1. The number of carbonyl (C=O) groups excluding carboxylic acids is 2. The van der Waals surface area contributed by atoms with Crippen molar-refractivity contribution in [1.82, 2.24) is 4.90 Å². The molecule has 2 aromatic carbocycles. The zero-order valence-corrected chi connectivity index (χ0v) is 14.3. The lowest BCUT2D eigenvalue weighted by Crippen LogP contribution is -2.40. The van der Waals surface area contributed by atoms with Crippen LogP contribution in [-0.2, 0) is 24.1 Å². The largest absolute Gasteiger partial charge is 0.331 e. The van der Waals surface area contributed by atoms with Crippen molar-refractivity contribution in [2.24, 2.45) is 0 Å². The highest BCUT2D eigenvalue weighted by Crippen LogP contribution is 2.22. The van der Waals surface area contributed by atoms with Crippen LogP contribution in [0.2, 0.25) is 0 Å². The van der Waals surface area contributed by atoms with Gasteiger partial charge in [-0.25, -0.2) is 4.85 Å². The second-order valence-electron chi connectivity index (χ2n) is 6.45. The normalized spacial score (nSPS) is 13.3. The van der Waals surface area contributed by atoms with Crippen molar-refractivity contribution in [3.8, 4) is 0 Å². The summed E-state index contributed by atoms with van der Waals surface area (Å²) in [5.41, 5.74) is 4.86. The number of carbonyl (C=O) groups is 2. The molecule has 4 nitrogen and oxygen atoms in total. The molecule has 0 radical (unpaired) electrons. The number of aryl methyl sites for hydroxylation is 2. The van der Waals surface area contributed by atoms with Gasteiger partial charge in [0.15, 0.2) is 5.69 Å². The predicted octanol–water partition coefficient (Wildman–Crippen LogP) is 3.61. The van der Waals surface area contributed by atoms with Crippen LogP contribution in [0.3, 0.4) is 0 Å². The Morgan fingerprint density at radius 3 is 2.48 bits per heavy atom. The van der Waals surface area contributed by atoms with Crippen molar-refractivity contribution >= 4 is 17.4 Å². The van der Waals surface area contributed by atoms with Gasteiger partial charge in [-0.15, -0.1) is 0 Å². The summed E-state index contributed by atoms with van der Waals surface area (Å²) in [6.45, 7) is 9.29. The molecule has 1 aliphatic heterocycles. The van der Waals surface area contributed by atoms with E-state index >= 15 is 0 Å². The van der Waals surface area contributed by atoms with Gasteiger partial charge in [-0.3, -0.25) is 9.59 Å². The van der Waals surface area contributed by atoms with Crippen molar-refractivity contribution in [2.75, 3.05) is 13.1 Å². The number of rotatable bonds is 5. The highest BCUT2D eigenvalue weighted by Gasteiger charge is 2.24.